The molecule has 0 unspecified atom stereocenters. The molecule has 11 nitrogen and oxygen atoms in total. The van der Waals surface area contributed by atoms with Gasteiger partial charge in [-0.15, -0.1) is 0 Å². The summed E-state index contributed by atoms with van der Waals surface area (Å²) in [6.45, 7) is 5.11. The normalized spacial score (nSPS) is 14.8. The Bertz CT molecular complexity index is 1420. The van der Waals surface area contributed by atoms with Crippen LogP contribution in [0.1, 0.15) is 36.5 Å². The highest BCUT2D eigenvalue weighted by Crippen LogP contribution is 2.29. The van der Waals surface area contributed by atoms with E-state index >= 15 is 0 Å². The van der Waals surface area contributed by atoms with Crippen LogP contribution in [-0.2, 0) is 22.3 Å². The molecule has 3 heterocycles. The number of hydrogen-bond acceptors (Lipinski definition) is 9. The molecule has 14 heteroatoms. The summed E-state index contributed by atoms with van der Waals surface area (Å²) in [5.74, 6) is 0.806. The molecule has 0 bridgehead atoms. The Hall–Kier alpha value is -4.20. The molecule has 232 valence electrons. The first-order valence-corrected chi connectivity index (χ1v) is 13.9. The molecule has 4 rings (SSSR count). The maximum atomic E-state index is 12.9. The topological polar surface area (TPSA) is 115 Å². The van der Waals surface area contributed by atoms with Gasteiger partial charge in [-0.25, -0.2) is 14.6 Å². The predicted molar refractivity (Wildman–Crippen MR) is 154 cm³/mol. The van der Waals surface area contributed by atoms with E-state index in [1.807, 2.05) is 36.1 Å². The molecule has 1 atom stereocenters. The number of carbonyl (C=O) groups is 1. The molecule has 1 aliphatic rings. The van der Waals surface area contributed by atoms with Crippen molar-refractivity contribution in [3.05, 3.63) is 69.9 Å². The Morgan fingerprint density at radius 1 is 1.14 bits per heavy atom. The van der Waals surface area contributed by atoms with Crippen LogP contribution in [-0.4, -0.2) is 83.1 Å². The van der Waals surface area contributed by atoms with Crippen LogP contribution >= 0.6 is 0 Å². The number of halogens is 3. The second-order valence-corrected chi connectivity index (χ2v) is 10.5. The first-order valence-electron chi connectivity index (χ1n) is 13.9. The number of ether oxygens (including phenoxy) is 2. The number of amides is 1. The third kappa shape index (κ3) is 8.21. The number of nitrogens with zero attached hydrogens (tertiary/aromatic N) is 6. The van der Waals surface area contributed by atoms with Crippen LogP contribution in [0.5, 0.6) is 5.75 Å². The monoisotopic (exact) mass is 603 g/mol. The molecule has 0 aliphatic carbocycles. The number of aromatic nitrogens is 4. The summed E-state index contributed by atoms with van der Waals surface area (Å²) in [5, 5.41) is 7.54. The van der Waals surface area contributed by atoms with Gasteiger partial charge in [0.15, 0.2) is 0 Å². The summed E-state index contributed by atoms with van der Waals surface area (Å²) in [4.78, 5) is 36.8. The quantitative estimate of drug-likeness (QED) is 0.352. The molecular weight excluding hydrogens is 567 g/mol. The fourth-order valence-electron chi connectivity index (χ4n) is 4.77. The molecule has 0 radical (unpaired) electrons. The van der Waals surface area contributed by atoms with Gasteiger partial charge in [-0.05, 0) is 44.4 Å². The maximum absolute atomic E-state index is 12.9. The Balaban J connectivity index is 1.20. The molecule has 1 N–H and O–H groups in total. The van der Waals surface area contributed by atoms with E-state index in [4.69, 9.17) is 9.47 Å². The van der Waals surface area contributed by atoms with Gasteiger partial charge in [0.2, 0.25) is 11.9 Å². The van der Waals surface area contributed by atoms with Crippen molar-refractivity contribution in [3.63, 3.8) is 0 Å². The summed E-state index contributed by atoms with van der Waals surface area (Å²) in [5.41, 5.74) is 0.950. The molecule has 3 aromatic rings. The predicted octanol–water partition coefficient (Wildman–Crippen LogP) is 3.36. The lowest BCUT2D eigenvalue weighted by atomic mass is 10.0. The van der Waals surface area contributed by atoms with E-state index in [1.54, 1.807) is 32.2 Å². The number of alkyl halides is 3. The van der Waals surface area contributed by atoms with Crippen LogP contribution < -0.4 is 20.5 Å². The van der Waals surface area contributed by atoms with E-state index in [-0.39, 0.29) is 42.7 Å². The number of piperidine rings is 1. The molecule has 0 spiro atoms. The van der Waals surface area contributed by atoms with E-state index in [0.717, 1.165) is 23.7 Å². The zero-order chi connectivity index (χ0) is 31.1. The fraction of sp³-hybridized carbons (Fsp3) is 0.483. The standard InChI is InChI=1S/C29H36F3N7O4/c1-19(36-25-15-35-39(27(41)20(25)2)16-21-5-7-24(42-4)8-6-21)17-43-18-26(40)37(3)23-9-11-38(12-10-23)28-33-13-22(14-34-28)29(30,31)32/h5-8,13-15,19,23,36H,9-12,16-18H2,1-4H3/t19-/m0/s1. The Labute approximate surface area is 247 Å². The first kappa shape index (κ1) is 31.7. The van der Waals surface area contributed by atoms with Crippen LogP contribution in [0, 0.1) is 6.92 Å². The molecule has 1 fully saturated rings. The van der Waals surface area contributed by atoms with Crippen LogP contribution in [0.2, 0.25) is 0 Å². The minimum absolute atomic E-state index is 0.0320. The van der Waals surface area contributed by atoms with E-state index < -0.39 is 11.7 Å². The molecule has 0 saturated carbocycles. The minimum atomic E-state index is -4.48. The van der Waals surface area contributed by atoms with E-state index in [2.05, 4.69) is 20.4 Å². The Kier molecular flexibility index (Phi) is 10.2. The zero-order valence-electron chi connectivity index (χ0n) is 24.6. The van der Waals surface area contributed by atoms with Gasteiger partial charge in [0, 0.05) is 50.2 Å². The highest BCUT2D eigenvalue weighted by Gasteiger charge is 2.32. The molecule has 1 amide bonds. The molecule has 43 heavy (non-hydrogen) atoms. The van der Waals surface area contributed by atoms with Crippen LogP contribution in [0.25, 0.3) is 0 Å². The van der Waals surface area contributed by atoms with Gasteiger partial charge in [-0.2, -0.15) is 18.3 Å². The van der Waals surface area contributed by atoms with Crippen molar-refractivity contribution in [3.8, 4) is 5.75 Å². The highest BCUT2D eigenvalue weighted by atomic mass is 19.4. The Morgan fingerprint density at radius 3 is 2.40 bits per heavy atom. The van der Waals surface area contributed by atoms with Gasteiger partial charge >= 0.3 is 6.18 Å². The maximum Gasteiger partial charge on any atom is 0.419 e. The van der Waals surface area contributed by atoms with E-state index in [9.17, 15) is 22.8 Å². The first-order chi connectivity index (χ1) is 20.5. The summed E-state index contributed by atoms with van der Waals surface area (Å²) >= 11 is 0. The summed E-state index contributed by atoms with van der Waals surface area (Å²) in [6, 6.07) is 7.20. The van der Waals surface area contributed by atoms with Crippen molar-refractivity contribution in [2.45, 2.75) is 51.5 Å². The third-order valence-corrected chi connectivity index (χ3v) is 7.43. The van der Waals surface area contributed by atoms with Gasteiger partial charge in [0.05, 0.1) is 37.7 Å². The van der Waals surface area contributed by atoms with Crippen molar-refractivity contribution in [2.75, 3.05) is 50.7 Å². The number of methoxy groups -OCH3 is 1. The van der Waals surface area contributed by atoms with E-state index in [1.165, 1.54) is 4.68 Å². The molecular formula is C29H36F3N7O4. The summed E-state index contributed by atoms with van der Waals surface area (Å²) in [6.07, 6.45) is -0.0519. The van der Waals surface area contributed by atoms with E-state index in [0.29, 0.717) is 43.7 Å². The SMILES string of the molecule is COc1ccc(Cn2ncc(N[C@@H](C)COCC(=O)N(C)C3CCN(c4ncc(C(F)(F)F)cn4)CC3)c(C)c2=O)cc1. The van der Waals surface area contributed by atoms with Crippen molar-refractivity contribution in [1.29, 1.82) is 0 Å². The van der Waals surface area contributed by atoms with Gasteiger partial charge < -0.3 is 24.6 Å². The van der Waals surface area contributed by atoms with Crippen molar-refractivity contribution < 1.29 is 27.4 Å². The minimum Gasteiger partial charge on any atom is -0.497 e. The number of carbonyl (C=O) groups excluding carboxylic acids is 1. The highest BCUT2D eigenvalue weighted by molar-refractivity contribution is 5.77. The molecule has 1 aromatic carbocycles. The Morgan fingerprint density at radius 2 is 1.79 bits per heavy atom. The van der Waals surface area contributed by atoms with Crippen LogP contribution in [0.3, 0.4) is 0 Å². The van der Waals surface area contributed by atoms with Gasteiger partial charge in [-0.1, -0.05) is 12.1 Å². The fourth-order valence-corrected chi connectivity index (χ4v) is 4.77. The molecule has 2 aromatic heterocycles. The summed E-state index contributed by atoms with van der Waals surface area (Å²) < 4.78 is 50.5. The number of likely N-dealkylation sites (N-methyl/N-ethyl adjacent to an activating group) is 1. The van der Waals surface area contributed by atoms with Gasteiger partial charge in [-0.3, -0.25) is 9.59 Å². The lowest BCUT2D eigenvalue weighted by molar-refractivity contribution is -0.138. The zero-order valence-corrected chi connectivity index (χ0v) is 24.6. The number of benzene rings is 1. The average molecular weight is 604 g/mol. The van der Waals surface area contributed by atoms with Crippen molar-refractivity contribution in [1.82, 2.24) is 24.6 Å². The number of rotatable bonds is 11. The van der Waals surface area contributed by atoms with Gasteiger partial charge in [0.25, 0.3) is 5.56 Å². The van der Waals surface area contributed by atoms with Crippen LogP contribution in [0.4, 0.5) is 24.8 Å². The van der Waals surface area contributed by atoms with Gasteiger partial charge in [0.1, 0.15) is 12.4 Å². The van der Waals surface area contributed by atoms with Crippen LogP contribution in [0.15, 0.2) is 47.7 Å². The lowest BCUT2D eigenvalue weighted by Gasteiger charge is -2.36. The largest absolute Gasteiger partial charge is 0.497 e. The number of nitrogens with one attached hydrogen (secondary N) is 1. The second-order valence-electron chi connectivity index (χ2n) is 10.5. The van der Waals surface area contributed by atoms with Crippen molar-refractivity contribution >= 4 is 17.5 Å². The molecule has 1 saturated heterocycles. The number of hydrogen-bond donors (Lipinski definition) is 1. The average Bonchev–Trinajstić information content (AvgIpc) is 3.00. The third-order valence-electron chi connectivity index (χ3n) is 7.43. The smallest absolute Gasteiger partial charge is 0.419 e. The summed E-state index contributed by atoms with van der Waals surface area (Å²) in [7, 11) is 3.32. The lowest BCUT2D eigenvalue weighted by Crippen LogP contribution is -2.47. The van der Waals surface area contributed by atoms with Crippen molar-refractivity contribution in [2.24, 2.45) is 0 Å². The number of anilines is 2. The second kappa shape index (κ2) is 13.8. The molecule has 1 aliphatic heterocycles.